The zero-order chi connectivity index (χ0) is 14.4. The van der Waals surface area contributed by atoms with E-state index < -0.39 is 0 Å². The molecule has 0 N–H and O–H groups in total. The SMILES string of the molecule is COC(=O)C(C)C(C)N(CCC(C)C)C1CCCC1. The first-order valence-electron chi connectivity index (χ1n) is 7.81. The lowest BCUT2D eigenvalue weighted by Crippen LogP contribution is -2.46. The van der Waals surface area contributed by atoms with E-state index in [1.165, 1.54) is 39.2 Å². The molecule has 0 saturated heterocycles. The van der Waals surface area contributed by atoms with E-state index in [-0.39, 0.29) is 17.9 Å². The Labute approximate surface area is 118 Å². The summed E-state index contributed by atoms with van der Waals surface area (Å²) in [4.78, 5) is 14.3. The second-order valence-electron chi connectivity index (χ2n) is 6.41. The lowest BCUT2D eigenvalue weighted by molar-refractivity contribution is -0.147. The summed E-state index contributed by atoms with van der Waals surface area (Å²) in [6, 6.07) is 0.940. The fourth-order valence-electron chi connectivity index (χ4n) is 3.03. The Kier molecular flexibility index (Phi) is 6.84. The highest BCUT2D eigenvalue weighted by atomic mass is 16.5. The van der Waals surface area contributed by atoms with Crippen molar-refractivity contribution in [3.05, 3.63) is 0 Å². The van der Waals surface area contributed by atoms with E-state index in [0.29, 0.717) is 12.0 Å². The van der Waals surface area contributed by atoms with Crippen LogP contribution in [0.3, 0.4) is 0 Å². The van der Waals surface area contributed by atoms with Crippen molar-refractivity contribution >= 4 is 5.97 Å². The molecule has 0 amide bonds. The molecule has 0 spiro atoms. The summed E-state index contributed by atoms with van der Waals surface area (Å²) in [5.74, 6) is 0.586. The number of hydrogen-bond acceptors (Lipinski definition) is 3. The Morgan fingerprint density at radius 2 is 1.79 bits per heavy atom. The van der Waals surface area contributed by atoms with Gasteiger partial charge in [-0.1, -0.05) is 33.6 Å². The predicted molar refractivity (Wildman–Crippen MR) is 79.1 cm³/mol. The van der Waals surface area contributed by atoms with Crippen LogP contribution in [-0.4, -0.2) is 36.6 Å². The average molecular weight is 269 g/mol. The van der Waals surface area contributed by atoms with Gasteiger partial charge in [0.2, 0.25) is 0 Å². The molecule has 0 aromatic rings. The van der Waals surface area contributed by atoms with Gasteiger partial charge in [0.15, 0.2) is 0 Å². The molecule has 1 saturated carbocycles. The highest BCUT2D eigenvalue weighted by Gasteiger charge is 2.32. The van der Waals surface area contributed by atoms with Crippen molar-refractivity contribution in [2.24, 2.45) is 11.8 Å². The van der Waals surface area contributed by atoms with Crippen LogP contribution in [0.1, 0.15) is 59.8 Å². The van der Waals surface area contributed by atoms with Crippen LogP contribution in [0, 0.1) is 11.8 Å². The zero-order valence-corrected chi connectivity index (χ0v) is 13.3. The van der Waals surface area contributed by atoms with Gasteiger partial charge < -0.3 is 4.74 Å². The second kappa shape index (κ2) is 7.88. The molecule has 2 atom stereocenters. The van der Waals surface area contributed by atoms with Gasteiger partial charge in [0.25, 0.3) is 0 Å². The molecule has 0 bridgehead atoms. The molecular weight excluding hydrogens is 238 g/mol. The molecule has 1 aliphatic rings. The minimum absolute atomic E-state index is 0.0437. The normalized spacial score (nSPS) is 19.9. The first-order valence-corrected chi connectivity index (χ1v) is 7.81. The van der Waals surface area contributed by atoms with E-state index in [9.17, 15) is 4.79 Å². The van der Waals surface area contributed by atoms with Crippen molar-refractivity contribution in [1.82, 2.24) is 4.90 Å². The van der Waals surface area contributed by atoms with Gasteiger partial charge in [0.05, 0.1) is 13.0 Å². The number of ether oxygens (including phenoxy) is 1. The summed E-state index contributed by atoms with van der Waals surface area (Å²) in [5.41, 5.74) is 0. The maximum atomic E-state index is 11.8. The summed E-state index contributed by atoms with van der Waals surface area (Å²) < 4.78 is 4.91. The van der Waals surface area contributed by atoms with Crippen LogP contribution < -0.4 is 0 Å². The predicted octanol–water partition coefficient (Wildman–Crippen LogP) is 3.47. The van der Waals surface area contributed by atoms with Gasteiger partial charge in [0.1, 0.15) is 0 Å². The van der Waals surface area contributed by atoms with Crippen molar-refractivity contribution in [2.45, 2.75) is 71.9 Å². The third kappa shape index (κ3) is 4.79. The van der Waals surface area contributed by atoms with Gasteiger partial charge in [-0.25, -0.2) is 0 Å². The molecular formula is C16H31NO2. The zero-order valence-electron chi connectivity index (χ0n) is 13.3. The van der Waals surface area contributed by atoms with Crippen LogP contribution >= 0.6 is 0 Å². The van der Waals surface area contributed by atoms with Crippen LogP contribution in [0.2, 0.25) is 0 Å². The van der Waals surface area contributed by atoms with Gasteiger partial charge >= 0.3 is 5.97 Å². The monoisotopic (exact) mass is 269 g/mol. The van der Waals surface area contributed by atoms with Gasteiger partial charge in [-0.2, -0.15) is 0 Å². The van der Waals surface area contributed by atoms with Crippen LogP contribution in [0.5, 0.6) is 0 Å². The summed E-state index contributed by atoms with van der Waals surface area (Å²) >= 11 is 0. The first kappa shape index (κ1) is 16.5. The molecule has 19 heavy (non-hydrogen) atoms. The van der Waals surface area contributed by atoms with Crippen LogP contribution in [0.15, 0.2) is 0 Å². The van der Waals surface area contributed by atoms with E-state index in [1.54, 1.807) is 0 Å². The lowest BCUT2D eigenvalue weighted by atomic mass is 9.98. The summed E-state index contributed by atoms with van der Waals surface area (Å²) in [7, 11) is 1.49. The Bertz CT molecular complexity index is 272. The molecule has 0 aliphatic heterocycles. The van der Waals surface area contributed by atoms with Gasteiger partial charge in [-0.3, -0.25) is 9.69 Å². The number of nitrogens with zero attached hydrogens (tertiary/aromatic N) is 1. The van der Waals surface area contributed by atoms with E-state index in [1.807, 2.05) is 6.92 Å². The molecule has 0 aromatic carbocycles. The number of methoxy groups -OCH3 is 1. The van der Waals surface area contributed by atoms with Crippen LogP contribution in [0.25, 0.3) is 0 Å². The molecule has 1 fully saturated rings. The van der Waals surface area contributed by atoms with Gasteiger partial charge in [-0.15, -0.1) is 0 Å². The Morgan fingerprint density at radius 1 is 1.21 bits per heavy atom. The Hall–Kier alpha value is -0.570. The smallest absolute Gasteiger partial charge is 0.309 e. The average Bonchev–Trinajstić information content (AvgIpc) is 2.90. The number of hydrogen-bond donors (Lipinski definition) is 0. The lowest BCUT2D eigenvalue weighted by Gasteiger charge is -2.37. The Balaban J connectivity index is 2.67. The molecule has 3 nitrogen and oxygen atoms in total. The highest BCUT2D eigenvalue weighted by Crippen LogP contribution is 2.28. The quantitative estimate of drug-likeness (QED) is 0.663. The second-order valence-corrected chi connectivity index (χ2v) is 6.41. The van der Waals surface area contributed by atoms with Gasteiger partial charge in [0, 0.05) is 12.1 Å². The topological polar surface area (TPSA) is 29.5 Å². The minimum Gasteiger partial charge on any atom is -0.469 e. The molecule has 1 aliphatic carbocycles. The Morgan fingerprint density at radius 3 is 2.26 bits per heavy atom. The summed E-state index contributed by atoms with van der Waals surface area (Å²) in [5, 5.41) is 0. The third-order valence-corrected chi connectivity index (χ3v) is 4.58. The van der Waals surface area contributed by atoms with Gasteiger partial charge in [-0.05, 0) is 38.6 Å². The molecule has 0 aromatic heterocycles. The van der Waals surface area contributed by atoms with E-state index in [4.69, 9.17) is 4.74 Å². The maximum Gasteiger partial charge on any atom is 0.309 e. The molecule has 2 unspecified atom stereocenters. The van der Waals surface area contributed by atoms with Crippen LogP contribution in [-0.2, 0) is 9.53 Å². The standard InChI is InChI=1S/C16H31NO2/c1-12(2)10-11-17(15-8-6-7-9-15)14(4)13(3)16(18)19-5/h12-15H,6-11H2,1-5H3. The maximum absolute atomic E-state index is 11.8. The molecule has 1 rings (SSSR count). The van der Waals surface area contributed by atoms with E-state index in [2.05, 4.69) is 25.7 Å². The van der Waals surface area contributed by atoms with Crippen molar-refractivity contribution in [1.29, 1.82) is 0 Å². The first-order chi connectivity index (χ1) is 8.97. The summed E-state index contributed by atoms with van der Waals surface area (Å²) in [6.45, 7) is 9.81. The summed E-state index contributed by atoms with van der Waals surface area (Å²) in [6.07, 6.45) is 6.45. The molecule has 3 heteroatoms. The van der Waals surface area contributed by atoms with Crippen molar-refractivity contribution < 1.29 is 9.53 Å². The number of carbonyl (C=O) groups is 1. The number of esters is 1. The minimum atomic E-state index is -0.0833. The van der Waals surface area contributed by atoms with E-state index in [0.717, 1.165) is 6.54 Å². The largest absolute Gasteiger partial charge is 0.469 e. The molecule has 0 heterocycles. The molecule has 0 radical (unpaired) electrons. The fourth-order valence-corrected chi connectivity index (χ4v) is 3.03. The van der Waals surface area contributed by atoms with E-state index >= 15 is 0 Å². The third-order valence-electron chi connectivity index (χ3n) is 4.58. The van der Waals surface area contributed by atoms with Crippen molar-refractivity contribution in [3.63, 3.8) is 0 Å². The highest BCUT2D eigenvalue weighted by molar-refractivity contribution is 5.72. The van der Waals surface area contributed by atoms with Crippen LogP contribution in [0.4, 0.5) is 0 Å². The fraction of sp³-hybridized carbons (Fsp3) is 0.938. The van der Waals surface area contributed by atoms with Crippen molar-refractivity contribution in [3.8, 4) is 0 Å². The molecule has 112 valence electrons. The number of carbonyl (C=O) groups excluding carboxylic acids is 1. The van der Waals surface area contributed by atoms with Crippen molar-refractivity contribution in [2.75, 3.05) is 13.7 Å². The number of rotatable bonds is 7.